The third-order valence-corrected chi connectivity index (χ3v) is 4.14. The molecule has 2 aromatic rings. The van der Waals surface area contributed by atoms with Crippen LogP contribution in [0.1, 0.15) is 30.3 Å². The van der Waals surface area contributed by atoms with Crippen molar-refractivity contribution in [2.45, 2.75) is 25.4 Å². The smallest absolute Gasteiger partial charge is 0.276 e. The Labute approximate surface area is 137 Å². The summed E-state index contributed by atoms with van der Waals surface area (Å²) in [6.07, 6.45) is 2.73. The number of β-amino-alcohol motifs (C(OH)–C–C–N with tert-alkyl or cyclic N) is 1. The molecule has 8 heteroatoms. The van der Waals surface area contributed by atoms with Gasteiger partial charge < -0.3 is 10.0 Å². The summed E-state index contributed by atoms with van der Waals surface area (Å²) >= 11 is 5.75. The van der Waals surface area contributed by atoms with Gasteiger partial charge in [-0.25, -0.2) is 9.07 Å². The Morgan fingerprint density at radius 3 is 3.00 bits per heavy atom. The maximum atomic E-state index is 14.0. The van der Waals surface area contributed by atoms with Crippen molar-refractivity contribution < 1.29 is 14.3 Å². The molecule has 0 bridgehead atoms. The van der Waals surface area contributed by atoms with Gasteiger partial charge in [0.1, 0.15) is 5.69 Å². The average Bonchev–Trinajstić information content (AvgIpc) is 2.98. The SMILES string of the molecule is CC1(O)CCCN(C(=O)c2cn(-c3cccc(Cl)c3F)nn2)C1. The Hall–Kier alpha value is -1.99. The van der Waals surface area contributed by atoms with Crippen LogP contribution in [0.3, 0.4) is 0 Å². The van der Waals surface area contributed by atoms with E-state index >= 15 is 0 Å². The molecule has 1 aliphatic rings. The first-order valence-electron chi connectivity index (χ1n) is 7.26. The van der Waals surface area contributed by atoms with E-state index in [9.17, 15) is 14.3 Å². The number of carbonyl (C=O) groups excluding carboxylic acids is 1. The lowest BCUT2D eigenvalue weighted by atomic mass is 9.95. The normalized spacial score (nSPS) is 21.5. The third kappa shape index (κ3) is 3.20. The largest absolute Gasteiger partial charge is 0.388 e. The van der Waals surface area contributed by atoms with E-state index in [1.807, 2.05) is 0 Å². The summed E-state index contributed by atoms with van der Waals surface area (Å²) in [7, 11) is 0. The van der Waals surface area contributed by atoms with Crippen LogP contribution in [0, 0.1) is 5.82 Å². The maximum Gasteiger partial charge on any atom is 0.276 e. The molecular weight excluding hydrogens is 323 g/mol. The Morgan fingerprint density at radius 2 is 2.26 bits per heavy atom. The van der Waals surface area contributed by atoms with Crippen molar-refractivity contribution in [2.75, 3.05) is 13.1 Å². The zero-order valence-corrected chi connectivity index (χ0v) is 13.3. The fourth-order valence-corrected chi connectivity index (χ4v) is 2.87. The Balaban J connectivity index is 1.84. The van der Waals surface area contributed by atoms with Crippen molar-refractivity contribution in [1.82, 2.24) is 19.9 Å². The number of benzene rings is 1. The fraction of sp³-hybridized carbons (Fsp3) is 0.400. The number of likely N-dealkylation sites (tertiary alicyclic amines) is 1. The van der Waals surface area contributed by atoms with Crippen molar-refractivity contribution in [1.29, 1.82) is 0 Å². The number of rotatable bonds is 2. The van der Waals surface area contributed by atoms with Crippen LogP contribution in [0.4, 0.5) is 4.39 Å². The van der Waals surface area contributed by atoms with Gasteiger partial charge in [-0.2, -0.15) is 0 Å². The molecule has 1 unspecified atom stereocenters. The highest BCUT2D eigenvalue weighted by Gasteiger charge is 2.32. The minimum Gasteiger partial charge on any atom is -0.388 e. The summed E-state index contributed by atoms with van der Waals surface area (Å²) in [6, 6.07) is 4.51. The van der Waals surface area contributed by atoms with Gasteiger partial charge in [-0.05, 0) is 31.9 Å². The molecule has 1 aromatic carbocycles. The van der Waals surface area contributed by atoms with Gasteiger partial charge in [-0.3, -0.25) is 4.79 Å². The summed E-state index contributed by atoms with van der Waals surface area (Å²) < 4.78 is 15.2. The second-order valence-electron chi connectivity index (χ2n) is 5.95. The molecule has 3 rings (SSSR count). The van der Waals surface area contributed by atoms with E-state index in [0.717, 1.165) is 6.42 Å². The number of halogens is 2. The van der Waals surface area contributed by atoms with Gasteiger partial charge in [0.25, 0.3) is 5.91 Å². The van der Waals surface area contributed by atoms with Gasteiger partial charge in [-0.15, -0.1) is 5.10 Å². The molecule has 1 N–H and O–H groups in total. The molecule has 1 aliphatic heterocycles. The predicted octanol–water partition coefficient (Wildman–Crippen LogP) is 2.05. The van der Waals surface area contributed by atoms with Crippen LogP contribution < -0.4 is 0 Å². The number of piperidine rings is 1. The second kappa shape index (κ2) is 5.90. The van der Waals surface area contributed by atoms with E-state index in [4.69, 9.17) is 11.6 Å². The summed E-state index contributed by atoms with van der Waals surface area (Å²) in [4.78, 5) is 14.0. The number of carbonyl (C=O) groups is 1. The van der Waals surface area contributed by atoms with E-state index < -0.39 is 11.4 Å². The highest BCUT2D eigenvalue weighted by molar-refractivity contribution is 6.30. The first kappa shape index (κ1) is 15.9. The molecule has 1 amide bonds. The van der Waals surface area contributed by atoms with E-state index in [0.29, 0.717) is 13.0 Å². The predicted molar refractivity (Wildman–Crippen MR) is 82.1 cm³/mol. The van der Waals surface area contributed by atoms with Gasteiger partial charge in [0.05, 0.1) is 16.8 Å². The van der Waals surface area contributed by atoms with Crippen molar-refractivity contribution in [3.63, 3.8) is 0 Å². The van der Waals surface area contributed by atoms with E-state index in [2.05, 4.69) is 10.3 Å². The second-order valence-corrected chi connectivity index (χ2v) is 6.36. The van der Waals surface area contributed by atoms with Gasteiger partial charge in [0, 0.05) is 13.1 Å². The zero-order chi connectivity index (χ0) is 16.6. The molecule has 1 fully saturated rings. The molecule has 0 spiro atoms. The highest BCUT2D eigenvalue weighted by atomic mass is 35.5. The van der Waals surface area contributed by atoms with Crippen molar-refractivity contribution in [3.05, 3.63) is 40.9 Å². The standard InChI is InChI=1S/C15H16ClFN4O2/c1-15(23)6-3-7-20(9-15)14(22)11-8-21(19-18-11)12-5-2-4-10(16)13(12)17/h2,4-5,8,23H,3,6-7,9H2,1H3. The molecule has 0 aliphatic carbocycles. The molecule has 0 radical (unpaired) electrons. The molecule has 1 saturated heterocycles. The Kier molecular flexibility index (Phi) is 4.08. The van der Waals surface area contributed by atoms with Crippen LogP contribution >= 0.6 is 11.6 Å². The van der Waals surface area contributed by atoms with E-state index in [1.165, 1.54) is 27.9 Å². The van der Waals surface area contributed by atoms with Crippen LogP contribution in [0.2, 0.25) is 5.02 Å². The lowest BCUT2D eigenvalue weighted by Crippen LogP contribution is -2.48. The summed E-state index contributed by atoms with van der Waals surface area (Å²) in [6.45, 7) is 2.49. The summed E-state index contributed by atoms with van der Waals surface area (Å²) in [5.74, 6) is -0.961. The molecule has 2 heterocycles. The molecule has 0 saturated carbocycles. The lowest BCUT2D eigenvalue weighted by Gasteiger charge is -2.36. The Bertz CT molecular complexity index is 747. The lowest BCUT2D eigenvalue weighted by molar-refractivity contribution is -0.0109. The number of hydrogen-bond donors (Lipinski definition) is 1. The van der Waals surface area contributed by atoms with Crippen LogP contribution in [0.25, 0.3) is 5.69 Å². The van der Waals surface area contributed by atoms with Crippen LogP contribution in [-0.4, -0.2) is 49.6 Å². The van der Waals surface area contributed by atoms with Crippen LogP contribution in [-0.2, 0) is 0 Å². The number of hydrogen-bond acceptors (Lipinski definition) is 4. The molecule has 6 nitrogen and oxygen atoms in total. The fourth-order valence-electron chi connectivity index (χ4n) is 2.70. The highest BCUT2D eigenvalue weighted by Crippen LogP contribution is 2.23. The average molecular weight is 339 g/mol. The van der Waals surface area contributed by atoms with Crippen LogP contribution in [0.5, 0.6) is 0 Å². The number of amides is 1. The zero-order valence-electron chi connectivity index (χ0n) is 12.5. The van der Waals surface area contributed by atoms with Gasteiger partial charge >= 0.3 is 0 Å². The third-order valence-electron chi connectivity index (χ3n) is 3.85. The molecule has 23 heavy (non-hydrogen) atoms. The molecule has 1 aromatic heterocycles. The van der Waals surface area contributed by atoms with Gasteiger partial charge in [0.2, 0.25) is 0 Å². The minimum atomic E-state index is -0.900. The quantitative estimate of drug-likeness (QED) is 0.909. The van der Waals surface area contributed by atoms with Crippen molar-refractivity contribution in [2.24, 2.45) is 0 Å². The number of aromatic nitrogens is 3. The van der Waals surface area contributed by atoms with Crippen LogP contribution in [0.15, 0.2) is 24.4 Å². The maximum absolute atomic E-state index is 14.0. The van der Waals surface area contributed by atoms with E-state index in [-0.39, 0.29) is 28.9 Å². The van der Waals surface area contributed by atoms with Gasteiger partial charge in [-0.1, -0.05) is 22.9 Å². The topological polar surface area (TPSA) is 71.2 Å². The summed E-state index contributed by atoms with van der Waals surface area (Å²) in [5.41, 5.74) is -0.681. The van der Waals surface area contributed by atoms with Crippen molar-refractivity contribution >= 4 is 17.5 Å². The number of aliphatic hydroxyl groups is 1. The van der Waals surface area contributed by atoms with Crippen molar-refractivity contribution in [3.8, 4) is 5.69 Å². The monoisotopic (exact) mass is 338 g/mol. The molecular formula is C15H16ClFN4O2. The summed E-state index contributed by atoms with van der Waals surface area (Å²) in [5, 5.41) is 17.7. The molecule has 1 atom stereocenters. The molecule has 122 valence electrons. The minimum absolute atomic E-state index is 0.0297. The first-order valence-corrected chi connectivity index (χ1v) is 7.63. The van der Waals surface area contributed by atoms with Gasteiger partial charge in [0.15, 0.2) is 11.5 Å². The Morgan fingerprint density at radius 1 is 1.48 bits per heavy atom. The van der Waals surface area contributed by atoms with E-state index in [1.54, 1.807) is 13.0 Å². The first-order chi connectivity index (χ1) is 10.9. The number of nitrogens with zero attached hydrogens (tertiary/aromatic N) is 4.